The normalized spacial score (nSPS) is 10.2. The maximum atomic E-state index is 9.44. The van der Waals surface area contributed by atoms with Gasteiger partial charge in [0, 0.05) is 7.05 Å². The predicted molar refractivity (Wildman–Crippen MR) is 53.4 cm³/mol. The van der Waals surface area contributed by atoms with Crippen LogP contribution in [0.1, 0.15) is 5.82 Å². The third-order valence-corrected chi connectivity index (χ3v) is 2.03. The lowest BCUT2D eigenvalue weighted by Gasteiger charge is -2.06. The molecule has 1 heterocycles. The van der Waals surface area contributed by atoms with Crippen LogP contribution in [0.25, 0.3) is 0 Å². The Morgan fingerprint density at radius 2 is 2.20 bits per heavy atom. The van der Waals surface area contributed by atoms with Gasteiger partial charge in [0.05, 0.1) is 0 Å². The first-order valence-corrected chi connectivity index (χ1v) is 4.51. The number of aryl methyl sites for hydroxylation is 1. The summed E-state index contributed by atoms with van der Waals surface area (Å²) >= 11 is 0. The van der Waals surface area contributed by atoms with E-state index in [0.717, 1.165) is 0 Å². The van der Waals surface area contributed by atoms with Gasteiger partial charge in [0.15, 0.2) is 17.3 Å². The van der Waals surface area contributed by atoms with Gasteiger partial charge >= 0.3 is 0 Å². The Labute approximate surface area is 87.0 Å². The number of ether oxygens (including phenoxy) is 1. The summed E-state index contributed by atoms with van der Waals surface area (Å²) in [6.45, 7) is 0.286. The fourth-order valence-electron chi connectivity index (χ4n) is 1.16. The Balaban J connectivity index is 2.06. The van der Waals surface area contributed by atoms with Crippen LogP contribution in [-0.4, -0.2) is 19.9 Å². The van der Waals surface area contributed by atoms with E-state index in [4.69, 9.17) is 4.74 Å². The van der Waals surface area contributed by atoms with Crippen molar-refractivity contribution in [1.82, 2.24) is 14.8 Å². The van der Waals surface area contributed by atoms with Crippen LogP contribution in [0, 0.1) is 0 Å². The van der Waals surface area contributed by atoms with Gasteiger partial charge in [-0.05, 0) is 12.1 Å². The van der Waals surface area contributed by atoms with Crippen LogP contribution in [0.15, 0.2) is 30.6 Å². The first kappa shape index (κ1) is 9.51. The zero-order chi connectivity index (χ0) is 10.7. The molecule has 0 atom stereocenters. The number of phenolic OH excluding ortho intramolecular Hbond substituents is 1. The summed E-state index contributed by atoms with van der Waals surface area (Å²) in [6.07, 6.45) is 1.60. The molecule has 0 aliphatic rings. The molecule has 5 heteroatoms. The molecule has 1 N–H and O–H groups in total. The van der Waals surface area contributed by atoms with Gasteiger partial charge in [-0.15, -0.1) is 10.2 Å². The minimum Gasteiger partial charge on any atom is -0.504 e. The Hall–Kier alpha value is -2.04. The first-order valence-electron chi connectivity index (χ1n) is 4.51. The average Bonchev–Trinajstić information content (AvgIpc) is 2.63. The monoisotopic (exact) mass is 205 g/mol. The highest BCUT2D eigenvalue weighted by atomic mass is 16.5. The summed E-state index contributed by atoms with van der Waals surface area (Å²) in [6, 6.07) is 6.81. The molecule has 78 valence electrons. The topological polar surface area (TPSA) is 60.2 Å². The van der Waals surface area contributed by atoms with Crippen LogP contribution < -0.4 is 4.74 Å². The third-order valence-electron chi connectivity index (χ3n) is 2.03. The van der Waals surface area contributed by atoms with Gasteiger partial charge < -0.3 is 14.4 Å². The van der Waals surface area contributed by atoms with E-state index in [1.807, 2.05) is 7.05 Å². The molecule has 0 radical (unpaired) electrons. The maximum absolute atomic E-state index is 9.44. The SMILES string of the molecule is Cn1cnnc1COc1ccccc1O. The number of hydrogen-bond donors (Lipinski definition) is 1. The second-order valence-electron chi connectivity index (χ2n) is 3.11. The van der Waals surface area contributed by atoms with Crippen molar-refractivity contribution in [1.29, 1.82) is 0 Å². The summed E-state index contributed by atoms with van der Waals surface area (Å²) in [7, 11) is 1.84. The van der Waals surface area contributed by atoms with Crippen LogP contribution in [0.4, 0.5) is 0 Å². The molecular weight excluding hydrogens is 194 g/mol. The second kappa shape index (κ2) is 4.00. The number of hydrogen-bond acceptors (Lipinski definition) is 4. The third kappa shape index (κ3) is 2.07. The fourth-order valence-corrected chi connectivity index (χ4v) is 1.16. The number of phenols is 1. The molecule has 1 aromatic carbocycles. The number of nitrogens with zero attached hydrogens (tertiary/aromatic N) is 3. The second-order valence-corrected chi connectivity index (χ2v) is 3.11. The Kier molecular flexibility index (Phi) is 2.53. The largest absolute Gasteiger partial charge is 0.504 e. The first-order chi connectivity index (χ1) is 7.27. The molecule has 0 spiro atoms. The summed E-state index contributed by atoms with van der Waals surface area (Å²) < 4.78 is 7.15. The molecule has 1 aromatic heterocycles. The smallest absolute Gasteiger partial charge is 0.170 e. The van der Waals surface area contributed by atoms with Crippen LogP contribution in [0.2, 0.25) is 0 Å². The predicted octanol–water partition coefficient (Wildman–Crippen LogP) is 1.10. The summed E-state index contributed by atoms with van der Waals surface area (Å²) in [5.41, 5.74) is 0. The van der Waals surface area contributed by atoms with Gasteiger partial charge in [-0.3, -0.25) is 0 Å². The molecule has 0 fully saturated rings. The molecule has 0 bridgehead atoms. The van der Waals surface area contributed by atoms with Gasteiger partial charge in [0.1, 0.15) is 12.9 Å². The lowest BCUT2D eigenvalue weighted by atomic mass is 10.3. The quantitative estimate of drug-likeness (QED) is 0.815. The Morgan fingerprint density at radius 3 is 2.87 bits per heavy atom. The van der Waals surface area contributed by atoms with Crippen LogP contribution in [0.5, 0.6) is 11.5 Å². The average molecular weight is 205 g/mol. The molecule has 15 heavy (non-hydrogen) atoms. The lowest BCUT2D eigenvalue weighted by molar-refractivity contribution is 0.276. The van der Waals surface area contributed by atoms with E-state index >= 15 is 0 Å². The molecule has 2 aromatic rings. The minimum atomic E-state index is 0.125. The lowest BCUT2D eigenvalue weighted by Crippen LogP contribution is -2.02. The number of rotatable bonds is 3. The molecule has 0 saturated heterocycles. The van der Waals surface area contributed by atoms with E-state index in [1.165, 1.54) is 0 Å². The highest BCUT2D eigenvalue weighted by molar-refractivity contribution is 5.37. The molecule has 0 amide bonds. The summed E-state index contributed by atoms with van der Waals surface area (Å²) in [4.78, 5) is 0. The molecule has 5 nitrogen and oxygen atoms in total. The fraction of sp³-hybridized carbons (Fsp3) is 0.200. The minimum absolute atomic E-state index is 0.125. The summed E-state index contributed by atoms with van der Waals surface area (Å²) in [5, 5.41) is 17.0. The van der Waals surface area contributed by atoms with E-state index in [2.05, 4.69) is 10.2 Å². The zero-order valence-corrected chi connectivity index (χ0v) is 8.29. The van der Waals surface area contributed by atoms with Gasteiger partial charge in [-0.25, -0.2) is 0 Å². The number of benzene rings is 1. The highest BCUT2D eigenvalue weighted by Gasteiger charge is 2.04. The van der Waals surface area contributed by atoms with Crippen LogP contribution in [-0.2, 0) is 13.7 Å². The van der Waals surface area contributed by atoms with Crippen molar-refractivity contribution < 1.29 is 9.84 Å². The summed E-state index contributed by atoms with van der Waals surface area (Å²) in [5.74, 6) is 1.28. The van der Waals surface area contributed by atoms with Crippen molar-refractivity contribution in [2.75, 3.05) is 0 Å². The highest BCUT2D eigenvalue weighted by Crippen LogP contribution is 2.24. The van der Waals surface area contributed by atoms with Crippen molar-refractivity contribution in [3.63, 3.8) is 0 Å². The Bertz CT molecular complexity index is 453. The molecule has 0 aliphatic heterocycles. The van der Waals surface area contributed by atoms with Crippen molar-refractivity contribution in [3.8, 4) is 11.5 Å². The molecule has 0 aliphatic carbocycles. The van der Waals surface area contributed by atoms with Crippen molar-refractivity contribution in [3.05, 3.63) is 36.4 Å². The van der Waals surface area contributed by atoms with Gasteiger partial charge in [0.25, 0.3) is 0 Å². The molecule has 2 rings (SSSR count). The van der Waals surface area contributed by atoms with Crippen molar-refractivity contribution in [2.45, 2.75) is 6.61 Å². The molecule has 0 saturated carbocycles. The van der Waals surface area contributed by atoms with E-state index in [-0.39, 0.29) is 12.4 Å². The van der Waals surface area contributed by atoms with Gasteiger partial charge in [-0.1, -0.05) is 12.1 Å². The van der Waals surface area contributed by atoms with Crippen molar-refractivity contribution in [2.24, 2.45) is 7.05 Å². The van der Waals surface area contributed by atoms with Gasteiger partial charge in [0.2, 0.25) is 0 Å². The number of para-hydroxylation sites is 2. The van der Waals surface area contributed by atoms with E-state index < -0.39 is 0 Å². The van der Waals surface area contributed by atoms with E-state index in [0.29, 0.717) is 11.6 Å². The van der Waals surface area contributed by atoms with Crippen LogP contribution in [0.3, 0.4) is 0 Å². The maximum Gasteiger partial charge on any atom is 0.170 e. The Morgan fingerprint density at radius 1 is 1.40 bits per heavy atom. The van der Waals surface area contributed by atoms with Gasteiger partial charge in [-0.2, -0.15) is 0 Å². The molecular formula is C10H11N3O2. The zero-order valence-electron chi connectivity index (χ0n) is 8.29. The number of aromatic hydroxyl groups is 1. The van der Waals surface area contributed by atoms with E-state index in [9.17, 15) is 5.11 Å². The van der Waals surface area contributed by atoms with E-state index in [1.54, 1.807) is 35.2 Å². The van der Waals surface area contributed by atoms with Crippen LogP contribution >= 0.6 is 0 Å². The standard InChI is InChI=1S/C10H11N3O2/c1-13-7-11-12-10(13)6-15-9-5-3-2-4-8(9)14/h2-5,7,14H,6H2,1H3. The molecule has 0 unspecified atom stereocenters. The number of aromatic nitrogens is 3. The van der Waals surface area contributed by atoms with Crippen molar-refractivity contribution >= 4 is 0 Å².